The largest absolute Gasteiger partial charge is 0.399 e. The number of nitrogens with zero attached hydrogens (tertiary/aromatic N) is 2. The summed E-state index contributed by atoms with van der Waals surface area (Å²) in [6.07, 6.45) is 0. The summed E-state index contributed by atoms with van der Waals surface area (Å²) in [6.45, 7) is 0. The van der Waals surface area contributed by atoms with Crippen LogP contribution in [0.5, 0.6) is 0 Å². The lowest BCUT2D eigenvalue weighted by Gasteiger charge is -2.08. The van der Waals surface area contributed by atoms with Crippen molar-refractivity contribution in [3.63, 3.8) is 0 Å². The number of sulfonamides is 1. The topological polar surface area (TPSA) is 142 Å². The fourth-order valence-corrected chi connectivity index (χ4v) is 2.60. The van der Waals surface area contributed by atoms with Crippen LogP contribution in [0.3, 0.4) is 0 Å². The number of H-pyrrole nitrogens is 1. The Balaban J connectivity index is 2.43. The van der Waals surface area contributed by atoms with Crippen LogP contribution >= 0.6 is 0 Å². The zero-order chi connectivity index (χ0) is 14.8. The highest BCUT2D eigenvalue weighted by Crippen LogP contribution is 2.20. The molecule has 0 atom stereocenters. The number of hydrogen-bond donors (Lipinski definition) is 3. The number of nitrogens with two attached hydrogens (primary N) is 1. The highest BCUT2D eigenvalue weighted by atomic mass is 32.2. The standard InChI is InChI=1S/C11H9N5O3S/c12-6-7-5-8(13)1-2-9(7)20(18,19)16-10-3-4-11(17)15-14-10/h1-5H,13H2,(H,14,16)(H,15,17). The maximum absolute atomic E-state index is 12.1. The molecule has 0 saturated heterocycles. The molecule has 0 fully saturated rings. The Morgan fingerprint density at radius 3 is 2.65 bits per heavy atom. The summed E-state index contributed by atoms with van der Waals surface area (Å²) >= 11 is 0. The normalized spacial score (nSPS) is 10.8. The monoisotopic (exact) mass is 291 g/mol. The van der Waals surface area contributed by atoms with Crippen LogP contribution in [0.2, 0.25) is 0 Å². The SMILES string of the molecule is N#Cc1cc(N)ccc1S(=O)(=O)Nc1ccc(=O)[nH]n1. The average Bonchev–Trinajstić information content (AvgIpc) is 2.40. The summed E-state index contributed by atoms with van der Waals surface area (Å²) in [5.74, 6) is -0.0645. The molecule has 0 unspecified atom stereocenters. The Bertz CT molecular complexity index is 831. The van der Waals surface area contributed by atoms with Crippen molar-refractivity contribution in [3.8, 4) is 6.07 Å². The lowest BCUT2D eigenvalue weighted by Crippen LogP contribution is -2.17. The first kappa shape index (κ1) is 13.6. The van der Waals surface area contributed by atoms with E-state index in [1.54, 1.807) is 6.07 Å². The third-order valence-corrected chi connectivity index (χ3v) is 3.74. The zero-order valence-corrected chi connectivity index (χ0v) is 10.8. The number of nitrogen functional groups attached to an aromatic ring is 1. The first-order chi connectivity index (χ1) is 9.42. The molecule has 0 aliphatic carbocycles. The van der Waals surface area contributed by atoms with Crippen molar-refractivity contribution in [2.45, 2.75) is 4.90 Å². The van der Waals surface area contributed by atoms with Crippen LogP contribution in [0.15, 0.2) is 40.0 Å². The first-order valence-corrected chi connectivity index (χ1v) is 6.79. The molecule has 1 heterocycles. The minimum atomic E-state index is -4.00. The van der Waals surface area contributed by atoms with Gasteiger partial charge in [0.1, 0.15) is 11.0 Å². The highest BCUT2D eigenvalue weighted by Gasteiger charge is 2.19. The highest BCUT2D eigenvalue weighted by molar-refractivity contribution is 7.92. The van der Waals surface area contributed by atoms with Crippen LogP contribution in [-0.2, 0) is 10.0 Å². The predicted molar refractivity (Wildman–Crippen MR) is 71.2 cm³/mol. The molecule has 2 aromatic rings. The molecule has 0 saturated carbocycles. The third-order valence-electron chi connectivity index (χ3n) is 2.33. The van der Waals surface area contributed by atoms with E-state index in [2.05, 4.69) is 14.9 Å². The molecule has 4 N–H and O–H groups in total. The fraction of sp³-hybridized carbons (Fsp3) is 0. The summed E-state index contributed by atoms with van der Waals surface area (Å²) in [5, 5.41) is 14.6. The summed E-state index contributed by atoms with van der Waals surface area (Å²) in [4.78, 5) is 10.6. The Hall–Kier alpha value is -2.86. The van der Waals surface area contributed by atoms with Crippen LogP contribution in [0.4, 0.5) is 11.5 Å². The summed E-state index contributed by atoms with van der Waals surface area (Å²) < 4.78 is 26.4. The number of anilines is 2. The van der Waals surface area contributed by atoms with Gasteiger partial charge >= 0.3 is 0 Å². The van der Waals surface area contributed by atoms with Gasteiger partial charge in [-0.05, 0) is 24.3 Å². The fourth-order valence-electron chi connectivity index (χ4n) is 1.46. The van der Waals surface area contributed by atoms with E-state index in [1.165, 1.54) is 24.3 Å². The smallest absolute Gasteiger partial charge is 0.264 e. The molecule has 0 aliphatic heterocycles. The van der Waals surface area contributed by atoms with Gasteiger partial charge in [-0.3, -0.25) is 9.52 Å². The Morgan fingerprint density at radius 2 is 2.05 bits per heavy atom. The van der Waals surface area contributed by atoms with Crippen LogP contribution in [0.25, 0.3) is 0 Å². The van der Waals surface area contributed by atoms with Gasteiger partial charge in [-0.1, -0.05) is 0 Å². The van der Waals surface area contributed by atoms with Gasteiger partial charge in [0.25, 0.3) is 15.6 Å². The number of rotatable bonds is 3. The van der Waals surface area contributed by atoms with E-state index in [0.717, 1.165) is 6.07 Å². The molecule has 20 heavy (non-hydrogen) atoms. The predicted octanol–water partition coefficient (Wildman–Crippen LogP) is 0.0246. The number of aromatic amines is 1. The van der Waals surface area contributed by atoms with Crippen molar-refractivity contribution in [2.24, 2.45) is 0 Å². The quantitative estimate of drug-likeness (QED) is 0.681. The van der Waals surface area contributed by atoms with E-state index in [-0.39, 0.29) is 22.0 Å². The molecule has 2 rings (SSSR count). The number of nitrogens with one attached hydrogen (secondary N) is 2. The second kappa shape index (κ2) is 5.02. The number of nitriles is 1. The van der Waals surface area contributed by atoms with Crippen LogP contribution in [0.1, 0.15) is 5.56 Å². The van der Waals surface area contributed by atoms with Gasteiger partial charge in [-0.2, -0.15) is 10.4 Å². The number of aromatic nitrogens is 2. The van der Waals surface area contributed by atoms with Crippen LogP contribution in [0, 0.1) is 11.3 Å². The number of hydrogen-bond acceptors (Lipinski definition) is 6. The molecule has 1 aromatic carbocycles. The summed E-state index contributed by atoms with van der Waals surface area (Å²) in [5.41, 5.74) is 5.24. The molecule has 9 heteroatoms. The maximum atomic E-state index is 12.1. The zero-order valence-electron chi connectivity index (χ0n) is 9.99. The average molecular weight is 291 g/mol. The van der Waals surface area contributed by atoms with Gasteiger partial charge in [0, 0.05) is 11.8 Å². The summed E-state index contributed by atoms with van der Waals surface area (Å²) in [7, 11) is -4.00. The molecular weight excluding hydrogens is 282 g/mol. The van der Waals surface area contributed by atoms with Crippen LogP contribution in [-0.4, -0.2) is 18.6 Å². The molecule has 0 spiro atoms. The number of benzene rings is 1. The molecule has 0 bridgehead atoms. The Morgan fingerprint density at radius 1 is 1.30 bits per heavy atom. The summed E-state index contributed by atoms with van der Waals surface area (Å²) in [6, 6.07) is 7.95. The first-order valence-electron chi connectivity index (χ1n) is 5.30. The van der Waals surface area contributed by atoms with Gasteiger partial charge in [0.15, 0.2) is 5.82 Å². The molecule has 8 nitrogen and oxygen atoms in total. The molecule has 0 amide bonds. The molecule has 102 valence electrons. The van der Waals surface area contributed by atoms with Crippen molar-refractivity contribution in [1.82, 2.24) is 10.2 Å². The maximum Gasteiger partial charge on any atom is 0.264 e. The van der Waals surface area contributed by atoms with Crippen molar-refractivity contribution >= 4 is 21.5 Å². The lowest BCUT2D eigenvalue weighted by atomic mass is 10.2. The second-order valence-corrected chi connectivity index (χ2v) is 5.43. The van der Waals surface area contributed by atoms with E-state index in [4.69, 9.17) is 11.0 Å². The molecule has 0 radical (unpaired) electrons. The third kappa shape index (κ3) is 2.76. The van der Waals surface area contributed by atoms with Crippen molar-refractivity contribution < 1.29 is 8.42 Å². The minimum Gasteiger partial charge on any atom is -0.399 e. The van der Waals surface area contributed by atoms with Gasteiger partial charge in [0.2, 0.25) is 0 Å². The van der Waals surface area contributed by atoms with Gasteiger partial charge in [-0.25, -0.2) is 13.5 Å². The van der Waals surface area contributed by atoms with Gasteiger partial charge < -0.3 is 5.73 Å². The molecular formula is C11H9N5O3S. The molecule has 0 aliphatic rings. The molecule has 1 aromatic heterocycles. The van der Waals surface area contributed by atoms with E-state index >= 15 is 0 Å². The Labute approximate surface area is 113 Å². The van der Waals surface area contributed by atoms with Gasteiger partial charge in [-0.15, -0.1) is 0 Å². The second-order valence-electron chi connectivity index (χ2n) is 3.78. The van der Waals surface area contributed by atoms with Crippen molar-refractivity contribution in [1.29, 1.82) is 5.26 Å². The van der Waals surface area contributed by atoms with Crippen LogP contribution < -0.4 is 16.0 Å². The van der Waals surface area contributed by atoms with Crippen molar-refractivity contribution in [3.05, 3.63) is 46.2 Å². The Kier molecular flexibility index (Phi) is 3.41. The minimum absolute atomic E-state index is 0.0645. The van der Waals surface area contributed by atoms with E-state index < -0.39 is 15.6 Å². The van der Waals surface area contributed by atoms with E-state index in [0.29, 0.717) is 0 Å². The lowest BCUT2D eigenvalue weighted by molar-refractivity contribution is 0.600. The van der Waals surface area contributed by atoms with Crippen molar-refractivity contribution in [2.75, 3.05) is 10.5 Å². The van der Waals surface area contributed by atoms with Gasteiger partial charge in [0.05, 0.1) is 5.56 Å². The van der Waals surface area contributed by atoms with E-state index in [9.17, 15) is 13.2 Å². The van der Waals surface area contributed by atoms with E-state index in [1.807, 2.05) is 0 Å².